The van der Waals surface area contributed by atoms with Gasteiger partial charge in [-0.25, -0.2) is 0 Å². The van der Waals surface area contributed by atoms with Crippen LogP contribution in [0.25, 0.3) is 0 Å². The molecule has 6 nitrogen and oxygen atoms in total. The summed E-state index contributed by atoms with van der Waals surface area (Å²) < 4.78 is 5.15. The molecular weight excluding hydrogens is 332 g/mol. The van der Waals surface area contributed by atoms with Gasteiger partial charge in [0.25, 0.3) is 0 Å². The summed E-state index contributed by atoms with van der Waals surface area (Å²) in [6, 6.07) is 6.91. The van der Waals surface area contributed by atoms with E-state index in [-0.39, 0.29) is 11.8 Å². The maximum absolute atomic E-state index is 12.6. The molecule has 0 bridgehead atoms. The Morgan fingerprint density at radius 3 is 2.50 bits per heavy atom. The molecule has 2 aliphatic heterocycles. The monoisotopic (exact) mass is 360 g/mol. The molecule has 6 heteroatoms. The SMILES string of the molecule is COCc1cccc([C@@H](C(=O)O)N2CCC(C(=O)N3CCCC3)CC2)c1. The first kappa shape index (κ1) is 18.9. The zero-order valence-electron chi connectivity index (χ0n) is 15.4. The van der Waals surface area contributed by atoms with Gasteiger partial charge in [-0.1, -0.05) is 24.3 Å². The third kappa shape index (κ3) is 4.24. The standard InChI is InChI=1S/C20H28N2O4/c1-26-14-15-5-4-6-17(13-15)18(20(24)25)21-11-7-16(8-12-21)19(23)22-9-2-3-10-22/h4-6,13,16,18H,2-3,7-12,14H2,1H3,(H,24,25)/t18-/m0/s1. The van der Waals surface area contributed by atoms with Crippen molar-refractivity contribution in [2.75, 3.05) is 33.3 Å². The van der Waals surface area contributed by atoms with E-state index in [9.17, 15) is 14.7 Å². The van der Waals surface area contributed by atoms with Crippen molar-refractivity contribution in [2.45, 2.75) is 38.3 Å². The maximum Gasteiger partial charge on any atom is 0.325 e. The van der Waals surface area contributed by atoms with Crippen LogP contribution in [0.2, 0.25) is 0 Å². The van der Waals surface area contributed by atoms with Gasteiger partial charge >= 0.3 is 5.97 Å². The van der Waals surface area contributed by atoms with Crippen LogP contribution in [0, 0.1) is 5.92 Å². The van der Waals surface area contributed by atoms with Gasteiger partial charge in [0.1, 0.15) is 6.04 Å². The lowest BCUT2D eigenvalue weighted by Crippen LogP contribution is -2.44. The minimum Gasteiger partial charge on any atom is -0.480 e. The average Bonchev–Trinajstić information content (AvgIpc) is 3.17. The van der Waals surface area contributed by atoms with E-state index in [4.69, 9.17) is 4.74 Å². The Labute approximate surface area is 154 Å². The zero-order chi connectivity index (χ0) is 18.5. The van der Waals surface area contributed by atoms with E-state index >= 15 is 0 Å². The minimum absolute atomic E-state index is 0.0404. The normalized spacial score (nSPS) is 20.3. The Morgan fingerprint density at radius 2 is 1.88 bits per heavy atom. The van der Waals surface area contributed by atoms with E-state index in [0.717, 1.165) is 49.9 Å². The van der Waals surface area contributed by atoms with Gasteiger partial charge in [0, 0.05) is 39.2 Å². The van der Waals surface area contributed by atoms with Crippen molar-refractivity contribution in [1.29, 1.82) is 0 Å². The van der Waals surface area contributed by atoms with Gasteiger partial charge in [-0.15, -0.1) is 0 Å². The fraction of sp³-hybridized carbons (Fsp3) is 0.600. The number of likely N-dealkylation sites (tertiary alicyclic amines) is 2. The maximum atomic E-state index is 12.6. The first-order valence-electron chi connectivity index (χ1n) is 9.43. The highest BCUT2D eigenvalue weighted by atomic mass is 16.5. The third-order valence-electron chi connectivity index (χ3n) is 5.47. The molecule has 3 rings (SSSR count). The van der Waals surface area contributed by atoms with Crippen LogP contribution < -0.4 is 0 Å². The second kappa shape index (κ2) is 8.64. The van der Waals surface area contributed by atoms with Crippen LogP contribution in [0.4, 0.5) is 0 Å². The molecule has 1 atom stereocenters. The topological polar surface area (TPSA) is 70.1 Å². The Bertz CT molecular complexity index is 634. The Kier molecular flexibility index (Phi) is 6.27. The number of piperidine rings is 1. The molecule has 2 fully saturated rings. The summed E-state index contributed by atoms with van der Waals surface area (Å²) in [6.07, 6.45) is 3.67. The molecule has 0 radical (unpaired) electrons. The number of methoxy groups -OCH3 is 1. The molecule has 0 aromatic heterocycles. The molecule has 142 valence electrons. The number of benzene rings is 1. The quantitative estimate of drug-likeness (QED) is 0.843. The predicted molar refractivity (Wildman–Crippen MR) is 97.6 cm³/mol. The summed E-state index contributed by atoms with van der Waals surface area (Å²) in [5.41, 5.74) is 1.74. The summed E-state index contributed by atoms with van der Waals surface area (Å²) in [6.45, 7) is 3.49. The van der Waals surface area contributed by atoms with Crippen LogP contribution in [-0.2, 0) is 20.9 Å². The van der Waals surface area contributed by atoms with E-state index in [1.165, 1.54) is 0 Å². The van der Waals surface area contributed by atoms with Crippen molar-refractivity contribution in [3.8, 4) is 0 Å². The van der Waals surface area contributed by atoms with Crippen molar-refractivity contribution in [3.05, 3.63) is 35.4 Å². The molecule has 1 amide bonds. The number of amides is 1. The Morgan fingerprint density at radius 1 is 1.19 bits per heavy atom. The van der Waals surface area contributed by atoms with Gasteiger partial charge in [0.2, 0.25) is 5.91 Å². The van der Waals surface area contributed by atoms with Crippen LogP contribution >= 0.6 is 0 Å². The molecule has 1 aromatic rings. The number of hydrogen-bond acceptors (Lipinski definition) is 4. The second-order valence-corrected chi connectivity index (χ2v) is 7.26. The number of aliphatic carboxylic acids is 1. The highest BCUT2D eigenvalue weighted by molar-refractivity contribution is 5.79. The van der Waals surface area contributed by atoms with Crippen LogP contribution in [0.1, 0.15) is 42.9 Å². The van der Waals surface area contributed by atoms with E-state index in [2.05, 4.69) is 0 Å². The summed E-state index contributed by atoms with van der Waals surface area (Å²) in [4.78, 5) is 28.5. The van der Waals surface area contributed by atoms with Gasteiger partial charge in [-0.2, -0.15) is 0 Å². The van der Waals surface area contributed by atoms with E-state index in [1.54, 1.807) is 7.11 Å². The lowest BCUT2D eigenvalue weighted by Gasteiger charge is -2.36. The zero-order valence-corrected chi connectivity index (χ0v) is 15.4. The lowest BCUT2D eigenvalue weighted by atomic mass is 9.92. The smallest absolute Gasteiger partial charge is 0.325 e. The predicted octanol–water partition coefficient (Wildman–Crippen LogP) is 2.29. The van der Waals surface area contributed by atoms with Gasteiger partial charge < -0.3 is 14.7 Å². The van der Waals surface area contributed by atoms with Crippen molar-refractivity contribution in [1.82, 2.24) is 9.80 Å². The molecule has 0 spiro atoms. The molecule has 2 saturated heterocycles. The average molecular weight is 360 g/mol. The van der Waals surface area contributed by atoms with Crippen LogP contribution in [-0.4, -0.2) is 60.1 Å². The third-order valence-corrected chi connectivity index (χ3v) is 5.47. The van der Waals surface area contributed by atoms with Gasteiger partial charge in [0.05, 0.1) is 6.61 Å². The number of carboxylic acid groups (broad SMARTS) is 1. The van der Waals surface area contributed by atoms with Gasteiger partial charge in [-0.05, 0) is 36.8 Å². The van der Waals surface area contributed by atoms with Gasteiger partial charge in [0.15, 0.2) is 0 Å². The van der Waals surface area contributed by atoms with Crippen molar-refractivity contribution >= 4 is 11.9 Å². The highest BCUT2D eigenvalue weighted by Crippen LogP contribution is 2.29. The van der Waals surface area contributed by atoms with Crippen LogP contribution in [0.15, 0.2) is 24.3 Å². The minimum atomic E-state index is -0.844. The van der Waals surface area contributed by atoms with Crippen molar-refractivity contribution < 1.29 is 19.4 Å². The summed E-state index contributed by atoms with van der Waals surface area (Å²) in [5, 5.41) is 9.80. The summed E-state index contributed by atoms with van der Waals surface area (Å²) in [7, 11) is 1.63. The Balaban J connectivity index is 1.66. The second-order valence-electron chi connectivity index (χ2n) is 7.26. The number of carbonyl (C=O) groups excluding carboxylic acids is 1. The summed E-state index contributed by atoms with van der Waals surface area (Å²) >= 11 is 0. The van der Waals surface area contributed by atoms with E-state index in [0.29, 0.717) is 19.7 Å². The molecule has 0 saturated carbocycles. The molecule has 0 unspecified atom stereocenters. The molecule has 2 heterocycles. The van der Waals surface area contributed by atoms with Crippen molar-refractivity contribution in [2.24, 2.45) is 5.92 Å². The molecule has 2 aliphatic rings. The number of ether oxygens (including phenoxy) is 1. The number of carbonyl (C=O) groups is 2. The lowest BCUT2D eigenvalue weighted by molar-refractivity contribution is -0.144. The first-order chi connectivity index (χ1) is 12.6. The number of carboxylic acids is 1. The van der Waals surface area contributed by atoms with Crippen molar-refractivity contribution in [3.63, 3.8) is 0 Å². The van der Waals surface area contributed by atoms with E-state index in [1.807, 2.05) is 34.1 Å². The van der Waals surface area contributed by atoms with Crippen LogP contribution in [0.3, 0.4) is 0 Å². The summed E-state index contributed by atoms with van der Waals surface area (Å²) in [5.74, 6) is -0.543. The number of hydrogen-bond donors (Lipinski definition) is 1. The largest absolute Gasteiger partial charge is 0.480 e. The fourth-order valence-electron chi connectivity index (χ4n) is 4.13. The highest BCUT2D eigenvalue weighted by Gasteiger charge is 2.35. The molecule has 1 N–H and O–H groups in total. The fourth-order valence-corrected chi connectivity index (χ4v) is 4.13. The van der Waals surface area contributed by atoms with E-state index < -0.39 is 12.0 Å². The molecule has 0 aliphatic carbocycles. The molecule has 1 aromatic carbocycles. The van der Waals surface area contributed by atoms with Crippen LogP contribution in [0.5, 0.6) is 0 Å². The Hall–Kier alpha value is -1.92. The molecule has 26 heavy (non-hydrogen) atoms. The first-order valence-corrected chi connectivity index (χ1v) is 9.43. The van der Waals surface area contributed by atoms with Gasteiger partial charge in [-0.3, -0.25) is 14.5 Å². The number of rotatable bonds is 6. The molecular formula is C20H28N2O4. The number of nitrogens with zero attached hydrogens (tertiary/aromatic N) is 2.